The highest BCUT2D eigenvalue weighted by Gasteiger charge is 2.20. The highest BCUT2D eigenvalue weighted by molar-refractivity contribution is 7.22. The lowest BCUT2D eigenvalue weighted by Crippen LogP contribution is -2.48. The first-order valence-electron chi connectivity index (χ1n) is 10.2. The average Bonchev–Trinajstić information content (AvgIpc) is 3.18. The molecule has 0 unspecified atom stereocenters. The Bertz CT molecular complexity index is 982. The third kappa shape index (κ3) is 4.28. The van der Waals surface area contributed by atoms with Crippen molar-refractivity contribution in [2.75, 3.05) is 44.2 Å². The minimum atomic E-state index is 0.0157. The number of piperazine rings is 1. The lowest BCUT2D eigenvalue weighted by molar-refractivity contribution is 0.0947. The summed E-state index contributed by atoms with van der Waals surface area (Å²) in [4.78, 5) is 22.1. The number of nitrogens with zero attached hydrogens (tertiary/aromatic N) is 3. The van der Waals surface area contributed by atoms with Crippen LogP contribution in [-0.4, -0.2) is 55.1 Å². The van der Waals surface area contributed by atoms with Gasteiger partial charge in [-0.1, -0.05) is 41.7 Å². The number of amides is 1. The summed E-state index contributed by atoms with van der Waals surface area (Å²) in [7, 11) is 0. The summed E-state index contributed by atoms with van der Waals surface area (Å²) in [5.74, 6) is 0.0157. The Labute approximate surface area is 176 Å². The van der Waals surface area contributed by atoms with E-state index in [9.17, 15) is 4.79 Å². The Morgan fingerprint density at radius 3 is 2.45 bits per heavy atom. The lowest BCUT2D eigenvalue weighted by atomic mass is 10.1. The van der Waals surface area contributed by atoms with E-state index in [0.29, 0.717) is 6.54 Å². The van der Waals surface area contributed by atoms with E-state index in [0.717, 1.165) is 54.5 Å². The molecule has 1 aromatic heterocycles. The van der Waals surface area contributed by atoms with Crippen LogP contribution >= 0.6 is 11.3 Å². The minimum Gasteiger partial charge on any atom is -0.351 e. The molecule has 1 aliphatic rings. The van der Waals surface area contributed by atoms with Gasteiger partial charge in [-0.05, 0) is 43.5 Å². The van der Waals surface area contributed by atoms with Crippen LogP contribution in [0, 0.1) is 20.8 Å². The van der Waals surface area contributed by atoms with Crippen LogP contribution in [0.5, 0.6) is 0 Å². The topological polar surface area (TPSA) is 48.5 Å². The highest BCUT2D eigenvalue weighted by atomic mass is 32.1. The van der Waals surface area contributed by atoms with Crippen molar-refractivity contribution in [3.05, 3.63) is 58.7 Å². The molecule has 0 saturated carbocycles. The van der Waals surface area contributed by atoms with Gasteiger partial charge in [-0.15, -0.1) is 0 Å². The molecule has 29 heavy (non-hydrogen) atoms. The molecule has 0 radical (unpaired) electrons. The monoisotopic (exact) mass is 408 g/mol. The summed E-state index contributed by atoms with van der Waals surface area (Å²) >= 11 is 1.81. The van der Waals surface area contributed by atoms with Gasteiger partial charge in [0.2, 0.25) is 0 Å². The zero-order valence-corrected chi connectivity index (χ0v) is 18.2. The van der Waals surface area contributed by atoms with Crippen molar-refractivity contribution in [3.63, 3.8) is 0 Å². The van der Waals surface area contributed by atoms with Crippen LogP contribution < -0.4 is 10.2 Å². The molecular formula is C23H28N4OS. The molecule has 1 fully saturated rings. The first-order valence-corrected chi connectivity index (χ1v) is 11.0. The van der Waals surface area contributed by atoms with Gasteiger partial charge >= 0.3 is 0 Å². The summed E-state index contributed by atoms with van der Waals surface area (Å²) in [6.45, 7) is 11.8. The fourth-order valence-electron chi connectivity index (χ4n) is 3.80. The number of aryl methyl sites for hydroxylation is 3. The Hall–Kier alpha value is -2.44. The number of nitrogens with one attached hydrogen (secondary N) is 1. The molecule has 6 heteroatoms. The van der Waals surface area contributed by atoms with Gasteiger partial charge in [-0.3, -0.25) is 9.69 Å². The van der Waals surface area contributed by atoms with Crippen LogP contribution in [0.3, 0.4) is 0 Å². The van der Waals surface area contributed by atoms with Crippen LogP contribution in [0.1, 0.15) is 27.0 Å². The summed E-state index contributed by atoms with van der Waals surface area (Å²) in [6, 6.07) is 12.1. The number of carbonyl (C=O) groups excluding carboxylic acids is 1. The minimum absolute atomic E-state index is 0.0157. The summed E-state index contributed by atoms with van der Waals surface area (Å²) < 4.78 is 1.31. The molecule has 2 heterocycles. The fourth-order valence-corrected chi connectivity index (χ4v) is 4.96. The molecule has 5 nitrogen and oxygen atoms in total. The third-order valence-electron chi connectivity index (χ3n) is 5.68. The second-order valence-electron chi connectivity index (χ2n) is 7.77. The quantitative estimate of drug-likeness (QED) is 0.698. The van der Waals surface area contributed by atoms with E-state index in [1.807, 2.05) is 31.2 Å². The van der Waals surface area contributed by atoms with Crippen LogP contribution in [0.4, 0.5) is 5.13 Å². The van der Waals surface area contributed by atoms with Gasteiger partial charge in [0.1, 0.15) is 0 Å². The molecule has 1 aliphatic heterocycles. The Morgan fingerprint density at radius 1 is 1.00 bits per heavy atom. The predicted molar refractivity (Wildman–Crippen MR) is 121 cm³/mol. The number of hydrogen-bond acceptors (Lipinski definition) is 5. The maximum atomic E-state index is 12.3. The number of aromatic nitrogens is 1. The average molecular weight is 409 g/mol. The van der Waals surface area contributed by atoms with E-state index in [1.165, 1.54) is 15.8 Å². The summed E-state index contributed by atoms with van der Waals surface area (Å²) in [6.07, 6.45) is 0. The molecule has 152 valence electrons. The van der Waals surface area contributed by atoms with Crippen molar-refractivity contribution >= 4 is 32.6 Å². The maximum Gasteiger partial charge on any atom is 0.251 e. The van der Waals surface area contributed by atoms with Crippen molar-refractivity contribution in [1.82, 2.24) is 15.2 Å². The number of carbonyl (C=O) groups is 1. The normalized spacial score (nSPS) is 15.1. The largest absolute Gasteiger partial charge is 0.351 e. The van der Waals surface area contributed by atoms with Crippen molar-refractivity contribution in [1.29, 1.82) is 0 Å². The van der Waals surface area contributed by atoms with Crippen molar-refractivity contribution in [2.24, 2.45) is 0 Å². The third-order valence-corrected chi connectivity index (χ3v) is 6.93. The number of benzene rings is 2. The Balaban J connectivity index is 1.29. The molecule has 2 aromatic carbocycles. The van der Waals surface area contributed by atoms with Crippen molar-refractivity contribution < 1.29 is 4.79 Å². The first kappa shape index (κ1) is 19.9. The summed E-state index contributed by atoms with van der Waals surface area (Å²) in [5, 5.41) is 4.19. The van der Waals surface area contributed by atoms with Gasteiger partial charge in [-0.25, -0.2) is 4.98 Å². The van der Waals surface area contributed by atoms with Gasteiger partial charge in [0.05, 0.1) is 10.2 Å². The number of fused-ring (bicyclic) bond motifs is 1. The fraction of sp³-hybridized carbons (Fsp3) is 0.391. The van der Waals surface area contributed by atoms with E-state index in [2.05, 4.69) is 41.1 Å². The second-order valence-corrected chi connectivity index (χ2v) is 8.75. The van der Waals surface area contributed by atoms with Gasteiger partial charge in [-0.2, -0.15) is 0 Å². The second kappa shape index (κ2) is 8.51. The van der Waals surface area contributed by atoms with Gasteiger partial charge in [0.25, 0.3) is 5.91 Å². The van der Waals surface area contributed by atoms with Gasteiger partial charge in [0, 0.05) is 44.8 Å². The number of anilines is 1. The molecule has 0 aliphatic carbocycles. The van der Waals surface area contributed by atoms with Crippen molar-refractivity contribution in [3.8, 4) is 0 Å². The molecule has 1 N–H and O–H groups in total. The molecule has 0 atom stereocenters. The van der Waals surface area contributed by atoms with E-state index < -0.39 is 0 Å². The predicted octanol–water partition coefficient (Wildman–Crippen LogP) is 3.77. The smallest absolute Gasteiger partial charge is 0.251 e. The van der Waals surface area contributed by atoms with Gasteiger partial charge < -0.3 is 10.2 Å². The van der Waals surface area contributed by atoms with Crippen LogP contribution in [-0.2, 0) is 0 Å². The van der Waals surface area contributed by atoms with Crippen LogP contribution in [0.2, 0.25) is 0 Å². The van der Waals surface area contributed by atoms with E-state index >= 15 is 0 Å². The van der Waals surface area contributed by atoms with Crippen molar-refractivity contribution in [2.45, 2.75) is 20.8 Å². The van der Waals surface area contributed by atoms with Gasteiger partial charge in [0.15, 0.2) is 5.13 Å². The number of hydrogen-bond donors (Lipinski definition) is 1. The van der Waals surface area contributed by atoms with Crippen LogP contribution in [0.15, 0.2) is 36.4 Å². The zero-order chi connectivity index (χ0) is 20.4. The Morgan fingerprint density at radius 2 is 1.72 bits per heavy atom. The molecule has 3 aromatic rings. The molecule has 1 saturated heterocycles. The molecule has 0 spiro atoms. The Kier molecular flexibility index (Phi) is 5.83. The standard InChI is InChI=1S/C23H28N4OS/c1-16-6-4-5-7-19(16)22(28)24-10-11-26-12-14-27(15-13-26)23-25-20-17(2)8-9-18(3)21(20)29-23/h4-9H,10-15H2,1-3H3,(H,24,28). The lowest BCUT2D eigenvalue weighted by Gasteiger charge is -2.34. The zero-order valence-electron chi connectivity index (χ0n) is 17.4. The molecule has 0 bridgehead atoms. The number of rotatable bonds is 5. The highest BCUT2D eigenvalue weighted by Crippen LogP contribution is 2.33. The SMILES string of the molecule is Cc1ccccc1C(=O)NCCN1CCN(c2nc3c(C)ccc(C)c3s2)CC1. The van der Waals surface area contributed by atoms with E-state index in [1.54, 1.807) is 11.3 Å². The van der Waals surface area contributed by atoms with E-state index in [4.69, 9.17) is 4.98 Å². The summed E-state index contributed by atoms with van der Waals surface area (Å²) in [5.41, 5.74) is 5.47. The molecule has 1 amide bonds. The molecule has 4 rings (SSSR count). The first-order chi connectivity index (χ1) is 14.0. The maximum absolute atomic E-state index is 12.3. The molecular weight excluding hydrogens is 380 g/mol. The van der Waals surface area contributed by atoms with E-state index in [-0.39, 0.29) is 5.91 Å². The van der Waals surface area contributed by atoms with Crippen LogP contribution in [0.25, 0.3) is 10.2 Å². The number of thiazole rings is 1.